The van der Waals surface area contributed by atoms with Crippen LogP contribution in [0.3, 0.4) is 0 Å². The Kier molecular flexibility index (Phi) is 6.05. The van der Waals surface area contributed by atoms with Crippen molar-refractivity contribution in [2.75, 3.05) is 36.9 Å². The van der Waals surface area contributed by atoms with E-state index in [4.69, 9.17) is 0 Å². The van der Waals surface area contributed by atoms with E-state index in [1.54, 1.807) is 0 Å². The van der Waals surface area contributed by atoms with Crippen molar-refractivity contribution in [3.8, 4) is 0 Å². The predicted octanol–water partition coefficient (Wildman–Crippen LogP) is 0.851. The molecule has 3 heterocycles. The van der Waals surface area contributed by atoms with E-state index in [0.29, 0.717) is 6.04 Å². The summed E-state index contributed by atoms with van der Waals surface area (Å²) in [5.41, 5.74) is 2.26. The molecular formula is C23H36N6O2. The number of nitrogens with zero attached hydrogens (tertiary/aromatic N) is 2. The quantitative estimate of drug-likeness (QED) is 0.488. The average molecular weight is 429 g/mol. The molecule has 1 aliphatic carbocycles. The van der Waals surface area contributed by atoms with Gasteiger partial charge in [0.2, 0.25) is 5.91 Å². The molecule has 5 rings (SSSR count). The molecule has 8 nitrogen and oxygen atoms in total. The van der Waals surface area contributed by atoms with Gasteiger partial charge in [-0.3, -0.25) is 20.3 Å². The van der Waals surface area contributed by atoms with Crippen molar-refractivity contribution in [2.45, 2.75) is 69.2 Å². The summed E-state index contributed by atoms with van der Waals surface area (Å²) in [6.07, 6.45) is 6.03. The van der Waals surface area contributed by atoms with E-state index in [2.05, 4.69) is 62.4 Å². The van der Waals surface area contributed by atoms with E-state index < -0.39 is 0 Å². The Bertz CT molecular complexity index is 766. The summed E-state index contributed by atoms with van der Waals surface area (Å²) in [5.74, 6) is 0.334. The largest absolute Gasteiger partial charge is 0.393 e. The van der Waals surface area contributed by atoms with Crippen LogP contribution in [0.2, 0.25) is 0 Å². The van der Waals surface area contributed by atoms with Crippen molar-refractivity contribution in [3.63, 3.8) is 0 Å². The van der Waals surface area contributed by atoms with Gasteiger partial charge in [0, 0.05) is 37.1 Å². The van der Waals surface area contributed by atoms with Gasteiger partial charge in [-0.2, -0.15) is 0 Å². The lowest BCUT2D eigenvalue weighted by molar-refractivity contribution is -0.127. The summed E-state index contributed by atoms with van der Waals surface area (Å²) in [6, 6.07) is 8.92. The Morgan fingerprint density at radius 2 is 1.81 bits per heavy atom. The number of carbonyl (C=O) groups excluding carboxylic acids is 1. The van der Waals surface area contributed by atoms with Gasteiger partial charge in [-0.15, -0.1) is 0 Å². The van der Waals surface area contributed by atoms with Crippen LogP contribution in [0.1, 0.15) is 38.5 Å². The first kappa shape index (κ1) is 21.0. The third-order valence-corrected chi connectivity index (χ3v) is 7.62. The molecule has 31 heavy (non-hydrogen) atoms. The Morgan fingerprint density at radius 3 is 2.58 bits per heavy atom. The maximum Gasteiger partial charge on any atom is 0.225 e. The first-order valence-corrected chi connectivity index (χ1v) is 11.9. The first-order valence-electron chi connectivity index (χ1n) is 11.9. The number of nitrogens with one attached hydrogen (secondary N) is 4. The minimum atomic E-state index is -0.153. The van der Waals surface area contributed by atoms with Crippen LogP contribution in [0, 0.1) is 5.92 Å². The second kappa shape index (κ2) is 8.94. The van der Waals surface area contributed by atoms with Gasteiger partial charge in [0.25, 0.3) is 0 Å². The molecule has 0 bridgehead atoms. The SMILES string of the molecule is CN1C2CCCCC2C(=O)NC2CNC(Nc3ccc(N4CCC(O)CC4)cc3)NC21. The monoisotopic (exact) mass is 428 g/mol. The van der Waals surface area contributed by atoms with Crippen molar-refractivity contribution in [2.24, 2.45) is 5.92 Å². The van der Waals surface area contributed by atoms with Crippen molar-refractivity contribution in [3.05, 3.63) is 24.3 Å². The van der Waals surface area contributed by atoms with Crippen LogP contribution in [0.25, 0.3) is 0 Å². The van der Waals surface area contributed by atoms with Gasteiger partial charge in [-0.05, 0) is 57.0 Å². The zero-order valence-electron chi connectivity index (χ0n) is 18.4. The van der Waals surface area contributed by atoms with E-state index >= 15 is 0 Å². The van der Waals surface area contributed by atoms with Gasteiger partial charge in [0.15, 0.2) is 0 Å². The smallest absolute Gasteiger partial charge is 0.225 e. The van der Waals surface area contributed by atoms with Crippen LogP contribution in [-0.4, -0.2) is 73.2 Å². The van der Waals surface area contributed by atoms with Crippen LogP contribution in [-0.2, 0) is 4.79 Å². The van der Waals surface area contributed by atoms with Gasteiger partial charge in [0.1, 0.15) is 6.29 Å². The minimum absolute atomic E-state index is 0.0586. The number of anilines is 2. The number of hydrogen-bond acceptors (Lipinski definition) is 7. The molecule has 4 fully saturated rings. The molecule has 1 aromatic carbocycles. The highest BCUT2D eigenvalue weighted by atomic mass is 16.3. The van der Waals surface area contributed by atoms with Gasteiger partial charge >= 0.3 is 0 Å². The summed E-state index contributed by atoms with van der Waals surface area (Å²) in [7, 11) is 2.17. The zero-order valence-corrected chi connectivity index (χ0v) is 18.4. The molecule has 0 aromatic heterocycles. The van der Waals surface area contributed by atoms with Gasteiger partial charge in [-0.1, -0.05) is 12.8 Å². The fourth-order valence-corrected chi connectivity index (χ4v) is 5.79. The number of likely N-dealkylation sites (N-methyl/N-ethyl adjacent to an activating group) is 1. The molecule has 3 saturated heterocycles. The molecule has 0 radical (unpaired) electrons. The maximum absolute atomic E-state index is 12.8. The van der Waals surface area contributed by atoms with Crippen molar-refractivity contribution < 1.29 is 9.90 Å². The first-order chi connectivity index (χ1) is 15.1. The second-order valence-corrected chi connectivity index (χ2v) is 9.60. The second-order valence-electron chi connectivity index (χ2n) is 9.60. The highest BCUT2D eigenvalue weighted by molar-refractivity contribution is 5.80. The summed E-state index contributed by atoms with van der Waals surface area (Å²) in [6.45, 7) is 2.55. The summed E-state index contributed by atoms with van der Waals surface area (Å²) in [5, 5.41) is 23.7. The van der Waals surface area contributed by atoms with E-state index in [1.807, 2.05) is 0 Å². The summed E-state index contributed by atoms with van der Waals surface area (Å²) < 4.78 is 0. The lowest BCUT2D eigenvalue weighted by Gasteiger charge is -2.44. The van der Waals surface area contributed by atoms with Crippen molar-refractivity contribution in [1.82, 2.24) is 20.9 Å². The molecule has 170 valence electrons. The van der Waals surface area contributed by atoms with Gasteiger partial charge in [-0.25, -0.2) is 0 Å². The number of hydrogen-bond donors (Lipinski definition) is 5. The van der Waals surface area contributed by atoms with Crippen molar-refractivity contribution >= 4 is 17.3 Å². The number of fused-ring (bicyclic) bond motifs is 2. The summed E-state index contributed by atoms with van der Waals surface area (Å²) >= 11 is 0. The number of carbonyl (C=O) groups is 1. The number of aliphatic hydroxyl groups is 1. The van der Waals surface area contributed by atoms with Crippen LogP contribution in [0.15, 0.2) is 24.3 Å². The zero-order chi connectivity index (χ0) is 21.4. The molecule has 5 N–H and O–H groups in total. The molecule has 3 aliphatic heterocycles. The number of aliphatic hydroxyl groups excluding tert-OH is 1. The van der Waals surface area contributed by atoms with E-state index in [9.17, 15) is 9.90 Å². The molecule has 1 amide bonds. The molecule has 5 atom stereocenters. The van der Waals surface area contributed by atoms with Crippen molar-refractivity contribution in [1.29, 1.82) is 0 Å². The molecule has 0 spiro atoms. The fourth-order valence-electron chi connectivity index (χ4n) is 5.79. The number of amides is 1. The molecule has 8 heteroatoms. The highest BCUT2D eigenvalue weighted by Crippen LogP contribution is 2.32. The Morgan fingerprint density at radius 1 is 1.06 bits per heavy atom. The van der Waals surface area contributed by atoms with Gasteiger partial charge < -0.3 is 20.6 Å². The number of piperidine rings is 1. The van der Waals surface area contributed by atoms with E-state index in [-0.39, 0.29) is 36.4 Å². The predicted molar refractivity (Wildman–Crippen MR) is 122 cm³/mol. The lowest BCUT2D eigenvalue weighted by atomic mass is 9.83. The molecule has 1 saturated carbocycles. The molecule has 5 unspecified atom stereocenters. The number of rotatable bonds is 3. The molecular weight excluding hydrogens is 392 g/mol. The third kappa shape index (κ3) is 4.39. The van der Waals surface area contributed by atoms with Crippen LogP contribution < -0.4 is 26.2 Å². The van der Waals surface area contributed by atoms with Crippen LogP contribution in [0.4, 0.5) is 11.4 Å². The lowest BCUT2D eigenvalue weighted by Crippen LogP contribution is -2.71. The third-order valence-electron chi connectivity index (χ3n) is 7.62. The highest BCUT2D eigenvalue weighted by Gasteiger charge is 2.44. The van der Waals surface area contributed by atoms with Gasteiger partial charge in [0.05, 0.1) is 24.2 Å². The fraction of sp³-hybridized carbons (Fsp3) is 0.696. The Hall–Kier alpha value is -1.87. The normalized spacial score (nSPS) is 35.0. The summed E-state index contributed by atoms with van der Waals surface area (Å²) in [4.78, 5) is 17.5. The average Bonchev–Trinajstić information content (AvgIpc) is 2.90. The minimum Gasteiger partial charge on any atom is -0.393 e. The standard InChI is InChI=1S/C23H36N6O2/c1-28-20-5-3-2-4-18(20)22(31)26-19-14-24-23(27-21(19)28)25-15-6-8-16(9-7-15)29-12-10-17(30)11-13-29/h6-9,17-21,23-25,27,30H,2-5,10-14H2,1H3,(H,26,31). The maximum atomic E-state index is 12.8. The topological polar surface area (TPSA) is 91.9 Å². The van der Waals surface area contributed by atoms with E-state index in [0.717, 1.165) is 57.4 Å². The van der Waals surface area contributed by atoms with Crippen LogP contribution >= 0.6 is 0 Å². The molecule has 1 aromatic rings. The Labute approximate surface area is 184 Å². The van der Waals surface area contributed by atoms with E-state index in [1.165, 1.54) is 12.1 Å². The number of benzene rings is 1. The molecule has 4 aliphatic rings. The Balaban J connectivity index is 1.22. The van der Waals surface area contributed by atoms with Crippen LogP contribution in [0.5, 0.6) is 0 Å².